The fourth-order valence-corrected chi connectivity index (χ4v) is 1.81. The van der Waals surface area contributed by atoms with E-state index in [4.69, 9.17) is 0 Å². The van der Waals surface area contributed by atoms with Gasteiger partial charge in [-0.15, -0.1) is 0 Å². The summed E-state index contributed by atoms with van der Waals surface area (Å²) in [5.74, 6) is 0.204. The van der Waals surface area contributed by atoms with Crippen LogP contribution in [0.4, 0.5) is 0 Å². The van der Waals surface area contributed by atoms with Gasteiger partial charge in [-0.3, -0.25) is 4.79 Å². The Morgan fingerprint density at radius 1 is 1.38 bits per heavy atom. The molecule has 1 amide bonds. The summed E-state index contributed by atoms with van der Waals surface area (Å²) in [5, 5.41) is 3.24. The van der Waals surface area contributed by atoms with Crippen LogP contribution < -0.4 is 9.88 Å². The number of nitrogens with zero attached hydrogens (tertiary/aromatic N) is 2. The lowest BCUT2D eigenvalue weighted by Gasteiger charge is -2.26. The second-order valence-electron chi connectivity index (χ2n) is 4.18. The molecule has 2 rings (SSSR count). The maximum absolute atomic E-state index is 11.9. The number of pyridine rings is 1. The molecule has 0 aliphatic carbocycles. The van der Waals surface area contributed by atoms with Crippen LogP contribution >= 0.6 is 0 Å². The summed E-state index contributed by atoms with van der Waals surface area (Å²) in [6.07, 6.45) is 3.91. The van der Waals surface area contributed by atoms with Gasteiger partial charge in [0, 0.05) is 38.3 Å². The van der Waals surface area contributed by atoms with E-state index in [1.165, 1.54) is 5.56 Å². The molecule has 0 unspecified atom stereocenters. The van der Waals surface area contributed by atoms with Crippen molar-refractivity contribution in [1.82, 2.24) is 10.2 Å². The van der Waals surface area contributed by atoms with Gasteiger partial charge in [-0.25, -0.2) is 0 Å². The van der Waals surface area contributed by atoms with Gasteiger partial charge in [0.1, 0.15) is 0 Å². The Kier molecular flexibility index (Phi) is 3.51. The third-order valence-electron chi connectivity index (χ3n) is 2.85. The molecule has 1 fully saturated rings. The first-order valence-electron chi connectivity index (χ1n) is 5.70. The maximum atomic E-state index is 11.9. The highest BCUT2D eigenvalue weighted by Gasteiger charge is 2.19. The minimum absolute atomic E-state index is 0.204. The van der Waals surface area contributed by atoms with E-state index < -0.39 is 0 Å². The van der Waals surface area contributed by atoms with Crippen molar-refractivity contribution in [2.24, 2.45) is 0 Å². The second kappa shape index (κ2) is 5.07. The molecule has 0 saturated carbocycles. The molecule has 0 aromatic carbocycles. The zero-order chi connectivity index (χ0) is 11.4. The van der Waals surface area contributed by atoms with Crippen molar-refractivity contribution in [2.45, 2.75) is 13.5 Å². The van der Waals surface area contributed by atoms with Gasteiger partial charge < -0.3 is 10.2 Å². The average molecular weight is 220 g/mol. The van der Waals surface area contributed by atoms with E-state index in [1.54, 1.807) is 0 Å². The average Bonchev–Trinajstić information content (AvgIpc) is 2.33. The molecule has 1 N–H and O–H groups in total. The Bertz CT molecular complexity index is 355. The number of aromatic nitrogens is 1. The van der Waals surface area contributed by atoms with Gasteiger partial charge in [0.25, 0.3) is 5.91 Å². The Morgan fingerprint density at radius 3 is 2.62 bits per heavy atom. The Labute approximate surface area is 95.9 Å². The molecule has 1 saturated heterocycles. The van der Waals surface area contributed by atoms with Crippen molar-refractivity contribution in [2.75, 3.05) is 26.2 Å². The number of amides is 1. The third-order valence-corrected chi connectivity index (χ3v) is 2.85. The molecule has 86 valence electrons. The summed E-state index contributed by atoms with van der Waals surface area (Å²) in [7, 11) is 0. The summed E-state index contributed by atoms with van der Waals surface area (Å²) in [6.45, 7) is 5.95. The van der Waals surface area contributed by atoms with Crippen LogP contribution in [0.2, 0.25) is 0 Å². The molecule has 16 heavy (non-hydrogen) atoms. The smallest absolute Gasteiger partial charge is 0.288 e. The van der Waals surface area contributed by atoms with E-state index in [-0.39, 0.29) is 5.91 Å². The second-order valence-corrected chi connectivity index (χ2v) is 4.18. The van der Waals surface area contributed by atoms with E-state index >= 15 is 0 Å². The molecule has 1 aliphatic heterocycles. The zero-order valence-electron chi connectivity index (χ0n) is 9.65. The molecule has 0 radical (unpaired) electrons. The van der Waals surface area contributed by atoms with Crippen molar-refractivity contribution in [3.63, 3.8) is 0 Å². The molecule has 1 aromatic heterocycles. The molecule has 1 aliphatic rings. The lowest BCUT2D eigenvalue weighted by Crippen LogP contribution is -2.51. The summed E-state index contributed by atoms with van der Waals surface area (Å²) in [4.78, 5) is 13.8. The van der Waals surface area contributed by atoms with Gasteiger partial charge in [0.2, 0.25) is 6.54 Å². The van der Waals surface area contributed by atoms with E-state index in [2.05, 4.69) is 5.32 Å². The van der Waals surface area contributed by atoms with Crippen molar-refractivity contribution in [1.29, 1.82) is 0 Å². The number of nitrogens with one attached hydrogen (secondary N) is 1. The van der Waals surface area contributed by atoms with Crippen LogP contribution in [-0.4, -0.2) is 37.0 Å². The van der Waals surface area contributed by atoms with E-state index in [9.17, 15) is 4.79 Å². The molecule has 0 atom stereocenters. The van der Waals surface area contributed by atoms with Crippen molar-refractivity contribution < 1.29 is 9.36 Å². The highest BCUT2D eigenvalue weighted by Crippen LogP contribution is 1.94. The molecule has 2 heterocycles. The standard InChI is InChI=1S/C12H18N3O/c1-11-2-6-14(7-3-11)10-12(16)15-8-4-13-5-9-15/h2-3,6-7,13H,4-5,8-10H2,1H3/q+1. The van der Waals surface area contributed by atoms with E-state index in [1.807, 2.05) is 40.9 Å². The van der Waals surface area contributed by atoms with Crippen LogP contribution in [0, 0.1) is 6.92 Å². The molecular weight excluding hydrogens is 202 g/mol. The van der Waals surface area contributed by atoms with E-state index in [0.29, 0.717) is 6.54 Å². The highest BCUT2D eigenvalue weighted by atomic mass is 16.2. The summed E-state index contributed by atoms with van der Waals surface area (Å²) < 4.78 is 1.93. The Balaban J connectivity index is 1.93. The molecule has 0 bridgehead atoms. The SMILES string of the molecule is Cc1cc[n+](CC(=O)N2CCNCC2)cc1. The molecule has 4 nitrogen and oxygen atoms in total. The fourth-order valence-electron chi connectivity index (χ4n) is 1.81. The summed E-state index contributed by atoms with van der Waals surface area (Å²) >= 11 is 0. The lowest BCUT2D eigenvalue weighted by molar-refractivity contribution is -0.685. The van der Waals surface area contributed by atoms with E-state index in [0.717, 1.165) is 26.2 Å². The lowest BCUT2D eigenvalue weighted by atomic mass is 10.3. The largest absolute Gasteiger partial charge is 0.335 e. The third kappa shape index (κ3) is 2.79. The normalized spacial score (nSPS) is 16.2. The quantitative estimate of drug-likeness (QED) is 0.696. The van der Waals surface area contributed by atoms with Gasteiger partial charge in [-0.2, -0.15) is 4.57 Å². The fraction of sp³-hybridized carbons (Fsp3) is 0.500. The summed E-state index contributed by atoms with van der Waals surface area (Å²) in [6, 6.07) is 4.04. The number of aryl methyl sites for hydroxylation is 1. The number of hydrogen-bond donors (Lipinski definition) is 1. The number of rotatable bonds is 2. The monoisotopic (exact) mass is 220 g/mol. The number of carbonyl (C=O) groups is 1. The maximum Gasteiger partial charge on any atom is 0.288 e. The first-order chi connectivity index (χ1) is 7.75. The number of hydrogen-bond acceptors (Lipinski definition) is 2. The van der Waals surface area contributed by atoms with Crippen LogP contribution in [0.3, 0.4) is 0 Å². The minimum Gasteiger partial charge on any atom is -0.335 e. The van der Waals surface area contributed by atoms with Crippen LogP contribution in [0.5, 0.6) is 0 Å². The van der Waals surface area contributed by atoms with Gasteiger partial charge in [-0.05, 0) is 12.5 Å². The molecule has 0 spiro atoms. The number of piperazine rings is 1. The molecule has 4 heteroatoms. The topological polar surface area (TPSA) is 36.2 Å². The summed E-state index contributed by atoms with van der Waals surface area (Å²) in [5.41, 5.74) is 1.21. The van der Waals surface area contributed by atoms with Crippen LogP contribution in [-0.2, 0) is 11.3 Å². The van der Waals surface area contributed by atoms with Gasteiger partial charge in [0.15, 0.2) is 12.4 Å². The molecular formula is C12H18N3O+. The predicted octanol–water partition coefficient (Wildman–Crippen LogP) is -0.286. The van der Waals surface area contributed by atoms with Crippen LogP contribution in [0.25, 0.3) is 0 Å². The van der Waals surface area contributed by atoms with Crippen molar-refractivity contribution >= 4 is 5.91 Å². The van der Waals surface area contributed by atoms with Gasteiger partial charge in [0.05, 0.1) is 0 Å². The van der Waals surface area contributed by atoms with Crippen molar-refractivity contribution in [3.8, 4) is 0 Å². The van der Waals surface area contributed by atoms with Crippen LogP contribution in [0.15, 0.2) is 24.5 Å². The highest BCUT2D eigenvalue weighted by molar-refractivity contribution is 5.74. The minimum atomic E-state index is 0.204. The Hall–Kier alpha value is -1.42. The predicted molar refractivity (Wildman–Crippen MR) is 60.8 cm³/mol. The van der Waals surface area contributed by atoms with Gasteiger partial charge in [-0.1, -0.05) is 0 Å². The Morgan fingerprint density at radius 2 is 2.00 bits per heavy atom. The van der Waals surface area contributed by atoms with Crippen LogP contribution in [0.1, 0.15) is 5.56 Å². The first kappa shape index (κ1) is 11.1. The molecule has 1 aromatic rings. The van der Waals surface area contributed by atoms with Crippen molar-refractivity contribution in [3.05, 3.63) is 30.1 Å². The number of carbonyl (C=O) groups excluding carboxylic acids is 1. The van der Waals surface area contributed by atoms with Gasteiger partial charge >= 0.3 is 0 Å². The first-order valence-corrected chi connectivity index (χ1v) is 5.70. The zero-order valence-corrected chi connectivity index (χ0v) is 9.65.